The zero-order valence-corrected chi connectivity index (χ0v) is 23.2. The number of ketones is 2. The van der Waals surface area contributed by atoms with Crippen LogP contribution in [0.5, 0.6) is 0 Å². The molecule has 0 bridgehead atoms. The van der Waals surface area contributed by atoms with Crippen LogP contribution in [0.25, 0.3) is 0 Å². The summed E-state index contributed by atoms with van der Waals surface area (Å²) in [6.07, 6.45) is 0.427. The molecule has 0 aliphatic carbocycles. The van der Waals surface area contributed by atoms with Gasteiger partial charge in [0.2, 0.25) is 16.7 Å². The maximum absolute atomic E-state index is 13.4. The number of aryl methyl sites for hydroxylation is 1. The van der Waals surface area contributed by atoms with E-state index in [9.17, 15) is 24.0 Å². The SMILES string of the molecule is COC(=O)[C@@]1(N2CCC(C)C2=O)CN2C(=O)[C@@H](CC(=O)/C(=N\OC(C)(C)C(C)=O)c3csc(C)n3)C2S1. The Balaban J connectivity index is 1.57. The number of rotatable bonds is 9. The highest BCUT2D eigenvalue weighted by Crippen LogP contribution is 2.53. The van der Waals surface area contributed by atoms with Gasteiger partial charge >= 0.3 is 5.97 Å². The Hall–Kier alpha value is -2.80. The third-order valence-corrected chi connectivity index (χ3v) is 9.61. The maximum atomic E-state index is 13.4. The van der Waals surface area contributed by atoms with Gasteiger partial charge in [0.1, 0.15) is 5.69 Å². The summed E-state index contributed by atoms with van der Waals surface area (Å²) in [7, 11) is 1.26. The first kappa shape index (κ1) is 27.2. The van der Waals surface area contributed by atoms with Crippen LogP contribution < -0.4 is 0 Å². The molecule has 11 nitrogen and oxygen atoms in total. The van der Waals surface area contributed by atoms with E-state index in [0.717, 1.165) is 0 Å². The number of esters is 1. The number of amides is 2. The summed E-state index contributed by atoms with van der Waals surface area (Å²) in [5.74, 6) is -2.70. The van der Waals surface area contributed by atoms with E-state index in [2.05, 4.69) is 10.1 Å². The summed E-state index contributed by atoms with van der Waals surface area (Å²) in [4.78, 5) is 75.6. The lowest BCUT2D eigenvalue weighted by atomic mass is 9.90. The van der Waals surface area contributed by atoms with Crippen LogP contribution in [0.4, 0.5) is 0 Å². The molecule has 2 amide bonds. The molecule has 0 radical (unpaired) electrons. The fraction of sp³-hybridized carbons (Fsp3) is 0.625. The molecule has 1 aromatic heterocycles. The number of carbonyl (C=O) groups is 5. The predicted octanol–water partition coefficient (Wildman–Crippen LogP) is 1.77. The Morgan fingerprint density at radius 1 is 1.27 bits per heavy atom. The number of thioether (sulfide) groups is 1. The van der Waals surface area contributed by atoms with Crippen molar-refractivity contribution >= 4 is 58.2 Å². The molecule has 3 fully saturated rings. The van der Waals surface area contributed by atoms with E-state index in [4.69, 9.17) is 9.57 Å². The molecule has 4 heterocycles. The molecular weight excluding hydrogens is 520 g/mol. The zero-order valence-electron chi connectivity index (χ0n) is 21.6. The number of thiazole rings is 1. The standard InChI is InChI=1S/C24H30N4O7S2/c1-12-7-8-28(19(12)31)24(22(33)34-6)11-27-20(32)15(21(27)37-24)9-17(30)18(16-10-36-14(3)25-16)26-35-23(4,5)13(2)29/h10,12,15,21H,7-9,11H2,1-6H3/b26-18-/t12?,15-,21?,24-/m1/s1. The number of hydrogen-bond donors (Lipinski definition) is 0. The fourth-order valence-corrected chi connectivity index (χ4v) is 6.89. The Kier molecular flexibility index (Phi) is 7.23. The molecule has 3 aliphatic heterocycles. The molecule has 37 heavy (non-hydrogen) atoms. The number of aromatic nitrogens is 1. The summed E-state index contributed by atoms with van der Waals surface area (Å²) in [6.45, 7) is 8.45. The number of nitrogens with zero attached hydrogens (tertiary/aromatic N) is 4. The molecule has 4 rings (SSSR count). The number of likely N-dealkylation sites (tertiary alicyclic amines) is 1. The topological polar surface area (TPSA) is 136 Å². The third-order valence-electron chi connectivity index (χ3n) is 7.11. The number of Topliss-reactive ketones (excluding diaryl/α,β-unsaturated/α-hetero) is 2. The average Bonchev–Trinajstić information content (AvgIpc) is 3.53. The first-order valence-corrected chi connectivity index (χ1v) is 13.7. The molecule has 0 aromatic carbocycles. The van der Waals surface area contributed by atoms with E-state index >= 15 is 0 Å². The molecular formula is C24H30N4O7S2. The van der Waals surface area contributed by atoms with Gasteiger partial charge in [0, 0.05) is 24.3 Å². The van der Waals surface area contributed by atoms with Gasteiger partial charge in [-0.2, -0.15) is 0 Å². The van der Waals surface area contributed by atoms with Crippen molar-refractivity contribution in [1.82, 2.24) is 14.8 Å². The van der Waals surface area contributed by atoms with Crippen molar-refractivity contribution in [3.05, 3.63) is 16.1 Å². The highest BCUT2D eigenvalue weighted by atomic mass is 32.2. The van der Waals surface area contributed by atoms with Crippen molar-refractivity contribution in [3.63, 3.8) is 0 Å². The van der Waals surface area contributed by atoms with Gasteiger partial charge in [0.05, 0.1) is 30.0 Å². The van der Waals surface area contributed by atoms with Crippen molar-refractivity contribution in [2.24, 2.45) is 17.0 Å². The lowest BCUT2D eigenvalue weighted by Crippen LogP contribution is -2.59. The van der Waals surface area contributed by atoms with E-state index in [1.807, 2.05) is 6.92 Å². The monoisotopic (exact) mass is 550 g/mol. The summed E-state index contributed by atoms with van der Waals surface area (Å²) in [5, 5.41) is 5.90. The van der Waals surface area contributed by atoms with Crippen molar-refractivity contribution in [1.29, 1.82) is 0 Å². The van der Waals surface area contributed by atoms with Crippen molar-refractivity contribution < 1.29 is 33.5 Å². The number of fused-ring (bicyclic) bond motifs is 1. The third kappa shape index (κ3) is 4.67. The number of oxime groups is 1. The smallest absolute Gasteiger partial charge is 0.344 e. The second-order valence-corrected chi connectivity index (χ2v) is 12.5. The van der Waals surface area contributed by atoms with E-state index in [1.165, 1.54) is 46.9 Å². The van der Waals surface area contributed by atoms with Gasteiger partial charge in [-0.05, 0) is 34.1 Å². The Morgan fingerprint density at radius 3 is 2.51 bits per heavy atom. The highest BCUT2D eigenvalue weighted by molar-refractivity contribution is 8.02. The van der Waals surface area contributed by atoms with Crippen LogP contribution >= 0.6 is 23.1 Å². The molecule has 3 aliphatic rings. The molecule has 13 heteroatoms. The zero-order chi connectivity index (χ0) is 27.3. The normalized spacial score (nSPS) is 27.7. The molecule has 0 spiro atoms. The molecule has 2 unspecified atom stereocenters. The number of carbonyl (C=O) groups excluding carboxylic acids is 5. The minimum Gasteiger partial charge on any atom is -0.467 e. The van der Waals surface area contributed by atoms with Crippen LogP contribution in [0.2, 0.25) is 0 Å². The lowest BCUT2D eigenvalue weighted by Gasteiger charge is -2.40. The van der Waals surface area contributed by atoms with E-state index < -0.39 is 33.5 Å². The van der Waals surface area contributed by atoms with Gasteiger partial charge < -0.3 is 19.4 Å². The Morgan fingerprint density at radius 2 is 1.97 bits per heavy atom. The molecule has 0 N–H and O–H groups in total. The number of β-lactam (4-membered cyclic amide) rings is 1. The van der Waals surface area contributed by atoms with E-state index in [1.54, 1.807) is 26.2 Å². The summed E-state index contributed by atoms with van der Waals surface area (Å²) in [6, 6.07) is 0. The number of methoxy groups -OCH3 is 1. The van der Waals surface area contributed by atoms with Crippen molar-refractivity contribution in [2.75, 3.05) is 20.2 Å². The Bertz CT molecular complexity index is 1200. The van der Waals surface area contributed by atoms with Crippen LogP contribution in [0.3, 0.4) is 0 Å². The van der Waals surface area contributed by atoms with E-state index in [0.29, 0.717) is 23.7 Å². The maximum Gasteiger partial charge on any atom is 0.344 e. The second-order valence-electron chi connectivity index (χ2n) is 10.0. The van der Waals surface area contributed by atoms with Gasteiger partial charge in [-0.15, -0.1) is 11.3 Å². The molecule has 3 saturated heterocycles. The van der Waals surface area contributed by atoms with Crippen LogP contribution in [0.1, 0.15) is 51.2 Å². The molecule has 4 atom stereocenters. The van der Waals surface area contributed by atoms with Crippen LogP contribution in [0.15, 0.2) is 10.5 Å². The van der Waals surface area contributed by atoms with Gasteiger partial charge in [0.15, 0.2) is 22.9 Å². The van der Waals surface area contributed by atoms with Crippen LogP contribution in [-0.4, -0.2) is 85.9 Å². The summed E-state index contributed by atoms with van der Waals surface area (Å²) in [5.41, 5.74) is -1.02. The van der Waals surface area contributed by atoms with Gasteiger partial charge in [-0.1, -0.05) is 23.8 Å². The fourth-order valence-electron chi connectivity index (χ4n) is 4.51. The number of hydrogen-bond acceptors (Lipinski definition) is 11. The van der Waals surface area contributed by atoms with Crippen molar-refractivity contribution in [3.8, 4) is 0 Å². The van der Waals surface area contributed by atoms with Crippen LogP contribution in [0, 0.1) is 18.8 Å². The largest absolute Gasteiger partial charge is 0.467 e. The van der Waals surface area contributed by atoms with Gasteiger partial charge in [-0.25, -0.2) is 9.78 Å². The van der Waals surface area contributed by atoms with Gasteiger partial charge in [-0.3, -0.25) is 19.2 Å². The molecule has 0 saturated carbocycles. The minimum atomic E-state index is -1.34. The highest BCUT2D eigenvalue weighted by Gasteiger charge is 2.66. The first-order valence-electron chi connectivity index (χ1n) is 11.9. The minimum absolute atomic E-state index is 0.0130. The van der Waals surface area contributed by atoms with E-state index in [-0.39, 0.29) is 42.2 Å². The van der Waals surface area contributed by atoms with Crippen molar-refractivity contribution in [2.45, 2.75) is 63.3 Å². The summed E-state index contributed by atoms with van der Waals surface area (Å²) >= 11 is 2.51. The average molecular weight is 551 g/mol. The quantitative estimate of drug-likeness (QED) is 0.195. The second kappa shape index (κ2) is 9.82. The summed E-state index contributed by atoms with van der Waals surface area (Å²) < 4.78 is 5.06. The molecule has 200 valence electrons. The predicted molar refractivity (Wildman–Crippen MR) is 136 cm³/mol. The Labute approximate surface area is 222 Å². The van der Waals surface area contributed by atoms with Crippen LogP contribution in [-0.2, 0) is 33.5 Å². The first-order chi connectivity index (χ1) is 17.3. The lowest BCUT2D eigenvalue weighted by molar-refractivity contribution is -0.159. The van der Waals surface area contributed by atoms with Gasteiger partial charge in [0.25, 0.3) is 0 Å². The number of ether oxygens (including phenoxy) is 1. The molecule has 1 aromatic rings.